The van der Waals surface area contributed by atoms with Crippen molar-refractivity contribution in [3.63, 3.8) is 0 Å². The van der Waals surface area contributed by atoms with Gasteiger partial charge in [0.2, 0.25) is 0 Å². The van der Waals surface area contributed by atoms with Gasteiger partial charge in [-0.1, -0.05) is 6.42 Å². The second-order valence-corrected chi connectivity index (χ2v) is 6.78. The largest absolute Gasteiger partial charge is 0.365 e. The monoisotopic (exact) mass is 334 g/mol. The predicted octanol–water partition coefficient (Wildman–Crippen LogP) is 2.55. The number of thioether (sulfide) groups is 1. The number of rotatable bonds is 3. The number of aromatic amines is 1. The zero-order chi connectivity index (χ0) is 16.4. The molecule has 3 rings (SSSR count). The van der Waals surface area contributed by atoms with Gasteiger partial charge in [0, 0.05) is 24.4 Å². The van der Waals surface area contributed by atoms with Gasteiger partial charge in [0.1, 0.15) is 5.69 Å². The molecule has 1 atom stereocenters. The topological polar surface area (TPSA) is 92.1 Å². The first-order valence-electron chi connectivity index (χ1n) is 7.53. The first kappa shape index (κ1) is 15.8. The number of anilines is 1. The van der Waals surface area contributed by atoms with Crippen molar-refractivity contribution in [3.8, 4) is 0 Å². The Kier molecular flexibility index (Phi) is 4.51. The van der Waals surface area contributed by atoms with Gasteiger partial charge in [-0.3, -0.25) is 14.9 Å². The second-order valence-electron chi connectivity index (χ2n) is 5.65. The highest BCUT2D eigenvalue weighted by Crippen LogP contribution is 2.34. The fourth-order valence-corrected chi connectivity index (χ4v) is 3.74. The Morgan fingerprint density at radius 2 is 2.26 bits per heavy atom. The van der Waals surface area contributed by atoms with Gasteiger partial charge < -0.3 is 9.88 Å². The number of H-pyrrole nitrogens is 1. The molecule has 0 radical (unpaired) electrons. The van der Waals surface area contributed by atoms with Crippen LogP contribution in [0, 0.1) is 10.1 Å². The molecule has 23 heavy (non-hydrogen) atoms. The van der Waals surface area contributed by atoms with E-state index in [0.717, 1.165) is 32.4 Å². The normalized spacial score (nSPS) is 18.8. The fraction of sp³-hybridized carbons (Fsp3) is 0.467. The summed E-state index contributed by atoms with van der Waals surface area (Å²) in [6, 6.07) is 3.01. The van der Waals surface area contributed by atoms with Crippen molar-refractivity contribution in [2.24, 2.45) is 0 Å². The molecule has 0 spiro atoms. The number of nitrogens with one attached hydrogen (secondary N) is 1. The predicted molar refractivity (Wildman–Crippen MR) is 92.4 cm³/mol. The zero-order valence-electron chi connectivity index (χ0n) is 12.8. The van der Waals surface area contributed by atoms with E-state index in [4.69, 9.17) is 0 Å². The summed E-state index contributed by atoms with van der Waals surface area (Å²) >= 11 is 1.80. The molecule has 1 N–H and O–H groups in total. The number of hydrogen-bond acceptors (Lipinski definition) is 6. The fourth-order valence-electron chi connectivity index (χ4n) is 3.01. The van der Waals surface area contributed by atoms with Crippen molar-refractivity contribution in [2.45, 2.75) is 24.5 Å². The van der Waals surface area contributed by atoms with E-state index in [9.17, 15) is 14.9 Å². The maximum absolute atomic E-state index is 11.9. The molecule has 2 heterocycles. The Labute approximate surface area is 137 Å². The van der Waals surface area contributed by atoms with Gasteiger partial charge in [-0.15, -0.1) is 0 Å². The Morgan fingerprint density at radius 3 is 3.00 bits per heavy atom. The Morgan fingerprint density at radius 1 is 1.43 bits per heavy atom. The van der Waals surface area contributed by atoms with E-state index >= 15 is 0 Å². The smallest absolute Gasteiger partial charge is 0.293 e. The van der Waals surface area contributed by atoms with E-state index in [1.807, 2.05) is 0 Å². The van der Waals surface area contributed by atoms with Gasteiger partial charge in [0.25, 0.3) is 11.2 Å². The third-order valence-corrected chi connectivity index (χ3v) is 5.29. The van der Waals surface area contributed by atoms with Crippen molar-refractivity contribution >= 4 is 34.0 Å². The summed E-state index contributed by atoms with van der Waals surface area (Å²) in [4.78, 5) is 31.6. The molecule has 1 aliphatic heterocycles. The first-order chi connectivity index (χ1) is 11.1. The van der Waals surface area contributed by atoms with E-state index in [1.165, 1.54) is 12.4 Å². The van der Waals surface area contributed by atoms with Crippen LogP contribution in [-0.4, -0.2) is 39.5 Å². The number of benzene rings is 1. The molecule has 122 valence electrons. The minimum atomic E-state index is -0.416. The van der Waals surface area contributed by atoms with Crippen LogP contribution in [0.3, 0.4) is 0 Å². The minimum Gasteiger partial charge on any atom is -0.365 e. The maximum atomic E-state index is 11.9. The summed E-state index contributed by atoms with van der Waals surface area (Å²) in [6.45, 7) is 1.56. The summed E-state index contributed by atoms with van der Waals surface area (Å²) in [5, 5.41) is 12.2. The highest BCUT2D eigenvalue weighted by atomic mass is 32.2. The van der Waals surface area contributed by atoms with Crippen molar-refractivity contribution in [3.05, 3.63) is 38.9 Å². The average Bonchev–Trinajstić information content (AvgIpc) is 2.79. The van der Waals surface area contributed by atoms with Crippen molar-refractivity contribution in [1.29, 1.82) is 0 Å². The first-order valence-corrected chi connectivity index (χ1v) is 8.82. The van der Waals surface area contributed by atoms with Gasteiger partial charge in [-0.2, -0.15) is 11.8 Å². The van der Waals surface area contributed by atoms with Crippen molar-refractivity contribution in [1.82, 2.24) is 9.97 Å². The standard InChI is InChI=1S/C15H18N4O3S/c1-23-10-4-2-3-5-18(8-10)13-7-12-11(6-14(13)19(21)22)15(20)17-9-16-12/h6-7,9-10H,2-5,8H2,1H3,(H,16,17,20). The summed E-state index contributed by atoms with van der Waals surface area (Å²) in [5.41, 5.74) is 0.654. The summed E-state index contributed by atoms with van der Waals surface area (Å²) < 4.78 is 0. The van der Waals surface area contributed by atoms with Crippen LogP contribution in [0.2, 0.25) is 0 Å². The third-order valence-electron chi connectivity index (χ3n) is 4.24. The Bertz CT molecular complexity index is 792. The lowest BCUT2D eigenvalue weighted by Gasteiger charge is -2.25. The summed E-state index contributed by atoms with van der Waals surface area (Å²) in [6.07, 6.45) is 6.66. The SMILES string of the molecule is CSC1CCCCN(c2cc3nc[nH]c(=O)c3cc2[N+](=O)[O-])C1. The van der Waals surface area contributed by atoms with Crippen LogP contribution >= 0.6 is 11.8 Å². The quantitative estimate of drug-likeness (QED) is 0.685. The number of hydrogen-bond donors (Lipinski definition) is 1. The Hall–Kier alpha value is -2.09. The van der Waals surface area contributed by atoms with E-state index < -0.39 is 4.92 Å². The number of nitrogens with zero attached hydrogens (tertiary/aromatic N) is 3. The molecule has 7 nitrogen and oxygen atoms in total. The van der Waals surface area contributed by atoms with Crippen LogP contribution < -0.4 is 10.5 Å². The van der Waals surface area contributed by atoms with Crippen LogP contribution in [0.1, 0.15) is 19.3 Å². The average molecular weight is 334 g/mol. The van der Waals surface area contributed by atoms with Crippen molar-refractivity contribution in [2.75, 3.05) is 24.2 Å². The number of nitro benzene ring substituents is 1. The molecule has 1 aromatic heterocycles. The molecular formula is C15H18N4O3S. The Balaban J connectivity index is 2.12. The van der Waals surface area contributed by atoms with Gasteiger partial charge >= 0.3 is 0 Å². The van der Waals surface area contributed by atoms with E-state index in [0.29, 0.717) is 16.5 Å². The summed E-state index contributed by atoms with van der Waals surface area (Å²) in [7, 11) is 0. The number of fused-ring (bicyclic) bond motifs is 1. The van der Waals surface area contributed by atoms with Gasteiger partial charge in [-0.05, 0) is 25.2 Å². The third kappa shape index (κ3) is 3.17. The lowest BCUT2D eigenvalue weighted by molar-refractivity contribution is -0.384. The van der Waals surface area contributed by atoms with Crippen molar-refractivity contribution < 1.29 is 4.92 Å². The molecule has 1 aromatic carbocycles. The minimum absolute atomic E-state index is 0.0299. The molecule has 0 bridgehead atoms. The highest BCUT2D eigenvalue weighted by molar-refractivity contribution is 7.99. The molecule has 8 heteroatoms. The van der Waals surface area contributed by atoms with Crippen LogP contribution in [0.5, 0.6) is 0 Å². The molecule has 2 aromatic rings. The lowest BCUT2D eigenvalue weighted by atomic mass is 10.1. The van der Waals surface area contributed by atoms with E-state index in [-0.39, 0.29) is 16.6 Å². The molecule has 0 amide bonds. The maximum Gasteiger partial charge on any atom is 0.293 e. The molecule has 1 aliphatic rings. The van der Waals surface area contributed by atoms with Crippen LogP contribution in [-0.2, 0) is 0 Å². The molecular weight excluding hydrogens is 316 g/mol. The van der Waals surface area contributed by atoms with Crippen LogP contribution in [0.25, 0.3) is 10.9 Å². The molecule has 0 aliphatic carbocycles. The van der Waals surface area contributed by atoms with E-state index in [1.54, 1.807) is 17.8 Å². The van der Waals surface area contributed by atoms with Gasteiger partial charge in [-0.25, -0.2) is 4.98 Å². The van der Waals surface area contributed by atoms with Gasteiger partial charge in [0.15, 0.2) is 0 Å². The molecule has 1 unspecified atom stereocenters. The molecule has 1 saturated heterocycles. The molecule has 1 fully saturated rings. The van der Waals surface area contributed by atoms with Gasteiger partial charge in [0.05, 0.1) is 22.2 Å². The van der Waals surface area contributed by atoms with Crippen LogP contribution in [0.4, 0.5) is 11.4 Å². The zero-order valence-corrected chi connectivity index (χ0v) is 13.6. The highest BCUT2D eigenvalue weighted by Gasteiger charge is 2.25. The summed E-state index contributed by atoms with van der Waals surface area (Å²) in [5.74, 6) is 0. The van der Waals surface area contributed by atoms with E-state index in [2.05, 4.69) is 21.1 Å². The lowest BCUT2D eigenvalue weighted by Crippen LogP contribution is -2.30. The van der Waals surface area contributed by atoms with Crippen LogP contribution in [0.15, 0.2) is 23.3 Å². The number of aromatic nitrogens is 2. The number of nitro groups is 1. The second kappa shape index (κ2) is 6.57. The molecule has 0 saturated carbocycles.